The third kappa shape index (κ3) is 2.33. The maximum Gasteiger partial charge on any atom is 0.118 e. The first-order valence-electron chi connectivity index (χ1n) is 6.01. The van der Waals surface area contributed by atoms with Crippen molar-refractivity contribution in [1.29, 1.82) is 0 Å². The van der Waals surface area contributed by atoms with E-state index in [1.54, 1.807) is 0 Å². The van der Waals surface area contributed by atoms with Crippen LogP contribution in [-0.4, -0.2) is 5.11 Å². The molecule has 0 fully saturated rings. The van der Waals surface area contributed by atoms with Crippen molar-refractivity contribution < 1.29 is 5.11 Å². The molecule has 0 amide bonds. The molecule has 0 atom stereocenters. The summed E-state index contributed by atoms with van der Waals surface area (Å²) in [5.41, 5.74) is 5.81. The van der Waals surface area contributed by atoms with Crippen LogP contribution in [0.2, 0.25) is 0 Å². The van der Waals surface area contributed by atoms with Gasteiger partial charge in [0.1, 0.15) is 5.75 Å². The molecule has 0 aromatic heterocycles. The molecule has 0 spiro atoms. The number of hydrogen-bond donors (Lipinski definition) is 1. The zero-order valence-corrected chi connectivity index (χ0v) is 10.6. The topological polar surface area (TPSA) is 20.2 Å². The van der Waals surface area contributed by atoms with Gasteiger partial charge in [-0.1, -0.05) is 31.2 Å². The van der Waals surface area contributed by atoms with E-state index in [1.807, 2.05) is 19.9 Å². The highest BCUT2D eigenvalue weighted by molar-refractivity contribution is 5.70. The van der Waals surface area contributed by atoms with Crippen LogP contribution >= 0.6 is 0 Å². The lowest BCUT2D eigenvalue weighted by Gasteiger charge is -2.10. The molecular formula is C16H18O. The van der Waals surface area contributed by atoms with Gasteiger partial charge in [-0.25, -0.2) is 0 Å². The fraction of sp³-hybridized carbons (Fsp3) is 0.250. The van der Waals surface area contributed by atoms with Gasteiger partial charge in [0, 0.05) is 0 Å². The predicted octanol–water partition coefficient (Wildman–Crippen LogP) is 4.24. The molecule has 1 heteroatoms. The SMILES string of the molecule is CCc1cccc(-c2cc(C)c(O)cc2C)c1. The van der Waals surface area contributed by atoms with Gasteiger partial charge < -0.3 is 5.11 Å². The summed E-state index contributed by atoms with van der Waals surface area (Å²) in [6, 6.07) is 12.5. The highest BCUT2D eigenvalue weighted by Crippen LogP contribution is 2.29. The number of phenols is 1. The van der Waals surface area contributed by atoms with Crippen molar-refractivity contribution in [2.24, 2.45) is 0 Å². The second-order valence-electron chi connectivity index (χ2n) is 4.51. The highest BCUT2D eigenvalue weighted by Gasteiger charge is 2.06. The molecule has 1 N–H and O–H groups in total. The van der Waals surface area contributed by atoms with E-state index in [0.717, 1.165) is 17.5 Å². The quantitative estimate of drug-likeness (QED) is 0.812. The van der Waals surface area contributed by atoms with E-state index in [4.69, 9.17) is 0 Å². The number of phenolic OH excluding ortho intramolecular Hbond substituents is 1. The van der Waals surface area contributed by atoms with Crippen LogP contribution in [0, 0.1) is 13.8 Å². The van der Waals surface area contributed by atoms with Crippen molar-refractivity contribution in [1.82, 2.24) is 0 Å². The molecule has 0 bridgehead atoms. The zero-order chi connectivity index (χ0) is 12.4. The third-order valence-electron chi connectivity index (χ3n) is 3.19. The number of hydrogen-bond acceptors (Lipinski definition) is 1. The van der Waals surface area contributed by atoms with Gasteiger partial charge in [-0.2, -0.15) is 0 Å². The average Bonchev–Trinajstić information content (AvgIpc) is 2.34. The molecule has 2 aromatic rings. The Morgan fingerprint density at radius 3 is 2.47 bits per heavy atom. The van der Waals surface area contributed by atoms with Crippen molar-refractivity contribution in [2.45, 2.75) is 27.2 Å². The van der Waals surface area contributed by atoms with Crippen LogP contribution < -0.4 is 0 Å². The smallest absolute Gasteiger partial charge is 0.118 e. The van der Waals surface area contributed by atoms with E-state index in [1.165, 1.54) is 16.7 Å². The lowest BCUT2D eigenvalue weighted by Crippen LogP contribution is -1.88. The Labute approximate surface area is 103 Å². The molecular weight excluding hydrogens is 208 g/mol. The molecule has 2 rings (SSSR count). The Hall–Kier alpha value is -1.76. The molecule has 0 saturated heterocycles. The van der Waals surface area contributed by atoms with Crippen LogP contribution in [0.1, 0.15) is 23.6 Å². The molecule has 1 nitrogen and oxygen atoms in total. The number of rotatable bonds is 2. The average molecular weight is 226 g/mol. The van der Waals surface area contributed by atoms with Crippen molar-refractivity contribution in [3.8, 4) is 16.9 Å². The van der Waals surface area contributed by atoms with Crippen LogP contribution in [0.3, 0.4) is 0 Å². The largest absolute Gasteiger partial charge is 0.508 e. The summed E-state index contributed by atoms with van der Waals surface area (Å²) in [5, 5.41) is 9.67. The highest BCUT2D eigenvalue weighted by atomic mass is 16.3. The van der Waals surface area contributed by atoms with Gasteiger partial charge in [-0.3, -0.25) is 0 Å². The minimum atomic E-state index is 0.373. The second kappa shape index (κ2) is 4.62. The van der Waals surface area contributed by atoms with Crippen LogP contribution in [0.4, 0.5) is 0 Å². The summed E-state index contributed by atoms with van der Waals surface area (Å²) in [6.45, 7) is 6.13. The van der Waals surface area contributed by atoms with Crippen molar-refractivity contribution in [2.75, 3.05) is 0 Å². The molecule has 88 valence electrons. The Balaban J connectivity index is 2.56. The van der Waals surface area contributed by atoms with Gasteiger partial charge in [0.05, 0.1) is 0 Å². The number of aromatic hydroxyl groups is 1. The van der Waals surface area contributed by atoms with Crippen LogP contribution in [0.15, 0.2) is 36.4 Å². The van der Waals surface area contributed by atoms with E-state index in [-0.39, 0.29) is 0 Å². The Bertz CT molecular complexity index is 541. The molecule has 2 aromatic carbocycles. The molecule has 0 aliphatic rings. The normalized spacial score (nSPS) is 10.5. The lowest BCUT2D eigenvalue weighted by molar-refractivity contribution is 0.471. The van der Waals surface area contributed by atoms with Crippen LogP contribution in [-0.2, 0) is 6.42 Å². The minimum absolute atomic E-state index is 0.373. The summed E-state index contributed by atoms with van der Waals surface area (Å²) in [4.78, 5) is 0. The molecule has 0 unspecified atom stereocenters. The summed E-state index contributed by atoms with van der Waals surface area (Å²) < 4.78 is 0. The Morgan fingerprint density at radius 2 is 1.76 bits per heavy atom. The first-order valence-corrected chi connectivity index (χ1v) is 6.01. The van der Waals surface area contributed by atoms with Gasteiger partial charge in [-0.15, -0.1) is 0 Å². The van der Waals surface area contributed by atoms with Crippen molar-refractivity contribution >= 4 is 0 Å². The third-order valence-corrected chi connectivity index (χ3v) is 3.19. The van der Waals surface area contributed by atoms with Gasteiger partial charge in [0.2, 0.25) is 0 Å². The monoisotopic (exact) mass is 226 g/mol. The van der Waals surface area contributed by atoms with E-state index < -0.39 is 0 Å². The summed E-state index contributed by atoms with van der Waals surface area (Å²) in [6.07, 6.45) is 1.05. The maximum absolute atomic E-state index is 9.67. The molecule has 17 heavy (non-hydrogen) atoms. The Kier molecular flexibility index (Phi) is 3.19. The van der Waals surface area contributed by atoms with Crippen LogP contribution in [0.25, 0.3) is 11.1 Å². The van der Waals surface area contributed by atoms with Crippen molar-refractivity contribution in [3.63, 3.8) is 0 Å². The molecule has 0 aliphatic heterocycles. The summed E-state index contributed by atoms with van der Waals surface area (Å²) in [5.74, 6) is 0.373. The van der Waals surface area contributed by atoms with E-state index in [9.17, 15) is 5.11 Å². The molecule has 0 radical (unpaired) electrons. The fourth-order valence-electron chi connectivity index (χ4n) is 2.07. The van der Waals surface area contributed by atoms with E-state index >= 15 is 0 Å². The maximum atomic E-state index is 9.67. The lowest BCUT2D eigenvalue weighted by atomic mass is 9.96. The number of benzene rings is 2. The van der Waals surface area contributed by atoms with Gasteiger partial charge in [-0.05, 0) is 60.2 Å². The van der Waals surface area contributed by atoms with E-state index in [2.05, 4.69) is 37.3 Å². The molecule has 0 heterocycles. The minimum Gasteiger partial charge on any atom is -0.508 e. The molecule has 0 aliphatic carbocycles. The first kappa shape index (κ1) is 11.7. The summed E-state index contributed by atoms with van der Waals surface area (Å²) in [7, 11) is 0. The second-order valence-corrected chi connectivity index (χ2v) is 4.51. The van der Waals surface area contributed by atoms with Gasteiger partial charge in [0.25, 0.3) is 0 Å². The van der Waals surface area contributed by atoms with E-state index in [0.29, 0.717) is 5.75 Å². The predicted molar refractivity (Wildman–Crippen MR) is 72.4 cm³/mol. The van der Waals surface area contributed by atoms with Crippen LogP contribution in [0.5, 0.6) is 5.75 Å². The van der Waals surface area contributed by atoms with Gasteiger partial charge in [0.15, 0.2) is 0 Å². The molecule has 0 saturated carbocycles. The zero-order valence-electron chi connectivity index (χ0n) is 10.6. The first-order chi connectivity index (χ1) is 8.11. The number of aryl methyl sites for hydroxylation is 3. The standard InChI is InChI=1S/C16H18O/c1-4-13-6-5-7-14(10-13)15-8-12(3)16(17)9-11(15)2/h5-10,17H,4H2,1-3H3. The fourth-order valence-corrected chi connectivity index (χ4v) is 2.07. The van der Waals surface area contributed by atoms with Gasteiger partial charge >= 0.3 is 0 Å². The van der Waals surface area contributed by atoms with Crippen molar-refractivity contribution in [3.05, 3.63) is 53.1 Å². The Morgan fingerprint density at radius 1 is 1.00 bits per heavy atom. The summed E-state index contributed by atoms with van der Waals surface area (Å²) >= 11 is 0.